The average Bonchev–Trinajstić information content (AvgIpc) is 2.63. The predicted molar refractivity (Wildman–Crippen MR) is 100 cm³/mol. The number of carbonyl (C=O) groups excluding carboxylic acids is 1. The van der Waals surface area contributed by atoms with E-state index in [2.05, 4.69) is 5.32 Å². The molecule has 3 rings (SSSR count). The van der Waals surface area contributed by atoms with Crippen molar-refractivity contribution >= 4 is 23.1 Å². The van der Waals surface area contributed by atoms with Gasteiger partial charge < -0.3 is 5.32 Å². The van der Waals surface area contributed by atoms with Crippen LogP contribution in [0.5, 0.6) is 0 Å². The lowest BCUT2D eigenvalue weighted by atomic mass is 10.0. The summed E-state index contributed by atoms with van der Waals surface area (Å²) in [7, 11) is 0. The lowest BCUT2D eigenvalue weighted by molar-refractivity contribution is 0.104. The third-order valence-corrected chi connectivity index (χ3v) is 3.82. The number of carbonyl (C=O) groups is 1. The van der Waals surface area contributed by atoms with Gasteiger partial charge in [-0.25, -0.2) is 0 Å². The Kier molecular flexibility index (Phi) is 5.09. The van der Waals surface area contributed by atoms with Gasteiger partial charge in [0.05, 0.1) is 0 Å². The van der Waals surface area contributed by atoms with Gasteiger partial charge in [0, 0.05) is 28.5 Å². The smallest absolute Gasteiger partial charge is 0.187 e. The van der Waals surface area contributed by atoms with Gasteiger partial charge in [-0.3, -0.25) is 4.79 Å². The Hall–Kier alpha value is -2.84. The zero-order valence-corrected chi connectivity index (χ0v) is 13.7. The summed E-state index contributed by atoms with van der Waals surface area (Å²) in [6.07, 6.45) is 3.14. The molecule has 0 saturated heterocycles. The van der Waals surface area contributed by atoms with Crippen molar-refractivity contribution in [2.45, 2.75) is 0 Å². The lowest BCUT2D eigenvalue weighted by Crippen LogP contribution is -1.96. The normalized spacial score (nSPS) is 10.7. The number of nitrogens with one attached hydrogen (secondary N) is 1. The molecule has 0 saturated carbocycles. The molecule has 0 aliphatic carbocycles. The van der Waals surface area contributed by atoms with Crippen molar-refractivity contribution in [2.24, 2.45) is 0 Å². The second-order valence-corrected chi connectivity index (χ2v) is 5.73. The highest BCUT2D eigenvalue weighted by atomic mass is 35.5. The Bertz CT molecular complexity index is 855. The van der Waals surface area contributed by atoms with Crippen molar-refractivity contribution in [1.82, 2.24) is 0 Å². The molecule has 3 aromatic carbocycles. The summed E-state index contributed by atoms with van der Waals surface area (Å²) in [6, 6.07) is 25.0. The van der Waals surface area contributed by atoms with Crippen LogP contribution in [0.25, 0.3) is 11.1 Å². The first kappa shape index (κ1) is 16.0. The number of allylic oxidation sites excluding steroid dienone is 1. The molecule has 24 heavy (non-hydrogen) atoms. The number of hydrogen-bond donors (Lipinski definition) is 1. The molecule has 2 nitrogen and oxygen atoms in total. The Morgan fingerprint density at radius 2 is 1.54 bits per heavy atom. The van der Waals surface area contributed by atoms with Crippen molar-refractivity contribution in [3.8, 4) is 11.1 Å². The van der Waals surface area contributed by atoms with Gasteiger partial charge >= 0.3 is 0 Å². The quantitative estimate of drug-likeness (QED) is 0.471. The van der Waals surface area contributed by atoms with E-state index < -0.39 is 0 Å². The van der Waals surface area contributed by atoms with Crippen LogP contribution in [0.4, 0.5) is 5.69 Å². The molecular formula is C21H16ClNO. The van der Waals surface area contributed by atoms with Gasteiger partial charge in [-0.15, -0.1) is 0 Å². The Balaban J connectivity index is 1.66. The van der Waals surface area contributed by atoms with Gasteiger partial charge in [-0.05, 0) is 29.3 Å². The first-order chi connectivity index (χ1) is 11.7. The highest BCUT2D eigenvalue weighted by molar-refractivity contribution is 6.30. The minimum absolute atomic E-state index is 0.0517. The van der Waals surface area contributed by atoms with Crippen LogP contribution in [-0.4, -0.2) is 5.78 Å². The standard InChI is InChI=1S/C21H16ClNO/c22-19-7-4-8-20(15-19)23-14-13-21(24)18-11-9-17(10-12-18)16-5-2-1-3-6-16/h1-15,23H. The van der Waals surface area contributed by atoms with Crippen molar-refractivity contribution in [3.63, 3.8) is 0 Å². The predicted octanol–water partition coefficient (Wildman–Crippen LogP) is 5.82. The summed E-state index contributed by atoms with van der Waals surface area (Å²) >= 11 is 5.92. The van der Waals surface area contributed by atoms with E-state index in [1.165, 1.54) is 6.08 Å². The maximum Gasteiger partial charge on any atom is 0.187 e. The lowest BCUT2D eigenvalue weighted by Gasteiger charge is -2.03. The van der Waals surface area contributed by atoms with Gasteiger partial charge in [0.1, 0.15) is 0 Å². The van der Waals surface area contributed by atoms with E-state index in [1.807, 2.05) is 66.7 Å². The molecule has 0 amide bonds. The summed E-state index contributed by atoms with van der Waals surface area (Å²) in [4.78, 5) is 12.2. The molecule has 0 unspecified atom stereocenters. The van der Waals surface area contributed by atoms with E-state index in [1.54, 1.807) is 18.3 Å². The van der Waals surface area contributed by atoms with E-state index >= 15 is 0 Å². The molecule has 0 bridgehead atoms. The molecule has 3 aromatic rings. The monoisotopic (exact) mass is 333 g/mol. The summed E-state index contributed by atoms with van der Waals surface area (Å²) in [6.45, 7) is 0. The number of benzene rings is 3. The minimum Gasteiger partial charge on any atom is -0.362 e. The molecule has 0 spiro atoms. The maximum atomic E-state index is 12.2. The highest BCUT2D eigenvalue weighted by Gasteiger charge is 2.02. The van der Waals surface area contributed by atoms with Crippen molar-refractivity contribution in [1.29, 1.82) is 0 Å². The largest absolute Gasteiger partial charge is 0.362 e. The van der Waals surface area contributed by atoms with Crippen LogP contribution in [0.2, 0.25) is 5.02 Å². The van der Waals surface area contributed by atoms with Crippen LogP contribution in [0.1, 0.15) is 10.4 Å². The second-order valence-electron chi connectivity index (χ2n) is 5.30. The molecule has 1 N–H and O–H groups in total. The highest BCUT2D eigenvalue weighted by Crippen LogP contribution is 2.19. The summed E-state index contributed by atoms with van der Waals surface area (Å²) in [5.41, 5.74) is 3.72. The third-order valence-electron chi connectivity index (χ3n) is 3.59. The zero-order chi connectivity index (χ0) is 16.8. The molecule has 0 atom stereocenters. The maximum absolute atomic E-state index is 12.2. The van der Waals surface area contributed by atoms with Crippen LogP contribution in [0, 0.1) is 0 Å². The molecule has 3 heteroatoms. The molecule has 0 radical (unpaired) electrons. The van der Waals surface area contributed by atoms with E-state index in [-0.39, 0.29) is 5.78 Å². The van der Waals surface area contributed by atoms with Gasteiger partial charge in [0.25, 0.3) is 0 Å². The zero-order valence-electron chi connectivity index (χ0n) is 12.9. The van der Waals surface area contributed by atoms with Gasteiger partial charge in [-0.1, -0.05) is 72.3 Å². The van der Waals surface area contributed by atoms with Gasteiger partial charge in [0.2, 0.25) is 0 Å². The molecule has 0 aliphatic heterocycles. The fourth-order valence-electron chi connectivity index (χ4n) is 2.35. The Morgan fingerprint density at radius 1 is 0.833 bits per heavy atom. The van der Waals surface area contributed by atoms with Crippen molar-refractivity contribution < 1.29 is 4.79 Å². The van der Waals surface area contributed by atoms with Crippen molar-refractivity contribution in [3.05, 3.63) is 102 Å². The van der Waals surface area contributed by atoms with Gasteiger partial charge in [0.15, 0.2) is 5.78 Å². The van der Waals surface area contributed by atoms with E-state index in [9.17, 15) is 4.79 Å². The SMILES string of the molecule is O=C(C=CNc1cccc(Cl)c1)c1ccc(-c2ccccc2)cc1. The fourth-order valence-corrected chi connectivity index (χ4v) is 2.54. The minimum atomic E-state index is -0.0517. The van der Waals surface area contributed by atoms with E-state index in [4.69, 9.17) is 11.6 Å². The average molecular weight is 334 g/mol. The molecule has 0 fully saturated rings. The van der Waals surface area contributed by atoms with Crippen LogP contribution in [0.15, 0.2) is 91.1 Å². The van der Waals surface area contributed by atoms with Crippen LogP contribution >= 0.6 is 11.6 Å². The first-order valence-corrected chi connectivity index (χ1v) is 7.99. The number of rotatable bonds is 5. The number of ketones is 1. The van der Waals surface area contributed by atoms with Gasteiger partial charge in [-0.2, -0.15) is 0 Å². The summed E-state index contributed by atoms with van der Waals surface area (Å²) in [5.74, 6) is -0.0517. The Labute approximate surface area is 146 Å². The van der Waals surface area contributed by atoms with Crippen LogP contribution in [-0.2, 0) is 0 Å². The molecule has 0 heterocycles. The molecule has 0 aliphatic rings. The van der Waals surface area contributed by atoms with E-state index in [0.717, 1.165) is 16.8 Å². The topological polar surface area (TPSA) is 29.1 Å². The van der Waals surface area contributed by atoms with E-state index in [0.29, 0.717) is 10.6 Å². The fraction of sp³-hybridized carbons (Fsp3) is 0. The molecule has 118 valence electrons. The summed E-state index contributed by atoms with van der Waals surface area (Å²) in [5, 5.41) is 3.69. The van der Waals surface area contributed by atoms with Crippen LogP contribution in [0.3, 0.4) is 0 Å². The number of hydrogen-bond acceptors (Lipinski definition) is 2. The van der Waals surface area contributed by atoms with Crippen molar-refractivity contribution in [2.75, 3.05) is 5.32 Å². The van der Waals surface area contributed by atoms with Crippen LogP contribution < -0.4 is 5.32 Å². The summed E-state index contributed by atoms with van der Waals surface area (Å²) < 4.78 is 0. The molecular weight excluding hydrogens is 318 g/mol. The number of anilines is 1. The second kappa shape index (κ2) is 7.62. The third kappa shape index (κ3) is 4.12. The Morgan fingerprint density at radius 3 is 2.25 bits per heavy atom. The molecule has 0 aromatic heterocycles. The number of halogens is 1. The first-order valence-electron chi connectivity index (χ1n) is 7.61.